The summed E-state index contributed by atoms with van der Waals surface area (Å²) >= 11 is 3.41. The molecule has 0 aliphatic heterocycles. The Bertz CT molecular complexity index is 874. The minimum Gasteiger partial charge on any atom is -0.422 e. The van der Waals surface area contributed by atoms with Crippen molar-refractivity contribution in [3.8, 4) is 6.07 Å². The van der Waals surface area contributed by atoms with Gasteiger partial charge in [0.05, 0.1) is 0 Å². The van der Waals surface area contributed by atoms with Crippen molar-refractivity contribution in [2.24, 2.45) is 0 Å². The molecule has 0 aliphatic carbocycles. The quantitative estimate of drug-likeness (QED) is 0.471. The van der Waals surface area contributed by atoms with Crippen LogP contribution < -0.4 is 5.63 Å². The topological polar surface area (TPSA) is 54.0 Å². The first kappa shape index (κ1) is 11.0. The van der Waals surface area contributed by atoms with Crippen LogP contribution in [0, 0.1) is 11.3 Å². The van der Waals surface area contributed by atoms with Crippen LogP contribution in [0.25, 0.3) is 21.7 Å². The SMILES string of the molecule is N#Cc1cc2c(ccc3cc(Br)ccc32)oc1=O. The Kier molecular flexibility index (Phi) is 2.42. The van der Waals surface area contributed by atoms with Gasteiger partial charge in [-0.15, -0.1) is 0 Å². The first-order valence-electron chi connectivity index (χ1n) is 5.25. The number of hydrogen-bond donors (Lipinski definition) is 0. The third-order valence-corrected chi connectivity index (χ3v) is 3.31. The minimum absolute atomic E-state index is 0.0259. The summed E-state index contributed by atoms with van der Waals surface area (Å²) in [7, 11) is 0. The van der Waals surface area contributed by atoms with Gasteiger partial charge in [0, 0.05) is 9.86 Å². The lowest BCUT2D eigenvalue weighted by Crippen LogP contribution is -2.03. The van der Waals surface area contributed by atoms with Crippen LogP contribution in [0.3, 0.4) is 0 Å². The lowest BCUT2D eigenvalue weighted by molar-refractivity contribution is 0.559. The highest BCUT2D eigenvalue weighted by atomic mass is 79.9. The molecule has 1 heterocycles. The number of nitriles is 1. The molecule has 0 amide bonds. The molecular weight excluding hydrogens is 294 g/mol. The molecule has 0 aliphatic rings. The molecule has 0 bridgehead atoms. The fraction of sp³-hybridized carbons (Fsp3) is 0. The summed E-state index contributed by atoms with van der Waals surface area (Å²) in [6.45, 7) is 0. The smallest absolute Gasteiger partial charge is 0.354 e. The predicted molar refractivity (Wildman–Crippen MR) is 72.4 cm³/mol. The average molecular weight is 300 g/mol. The normalized spacial score (nSPS) is 10.7. The first-order chi connectivity index (χ1) is 8.69. The van der Waals surface area contributed by atoms with E-state index >= 15 is 0 Å². The van der Waals surface area contributed by atoms with Crippen LogP contribution in [0.15, 0.2) is 50.1 Å². The van der Waals surface area contributed by atoms with Crippen molar-refractivity contribution >= 4 is 37.7 Å². The molecule has 3 nitrogen and oxygen atoms in total. The van der Waals surface area contributed by atoms with Crippen LogP contribution in [0.1, 0.15) is 5.56 Å². The van der Waals surface area contributed by atoms with Crippen LogP contribution in [-0.4, -0.2) is 0 Å². The van der Waals surface area contributed by atoms with E-state index in [0.717, 1.165) is 20.6 Å². The Balaban J connectivity index is 2.54. The van der Waals surface area contributed by atoms with Gasteiger partial charge < -0.3 is 4.42 Å². The highest BCUT2D eigenvalue weighted by Crippen LogP contribution is 2.27. The van der Waals surface area contributed by atoms with Crippen molar-refractivity contribution in [3.63, 3.8) is 0 Å². The summed E-state index contributed by atoms with van der Waals surface area (Å²) in [6.07, 6.45) is 0. The maximum absolute atomic E-state index is 11.5. The molecule has 2 aromatic carbocycles. The van der Waals surface area contributed by atoms with Gasteiger partial charge in [-0.25, -0.2) is 4.79 Å². The highest BCUT2D eigenvalue weighted by molar-refractivity contribution is 9.10. The van der Waals surface area contributed by atoms with Gasteiger partial charge in [0.1, 0.15) is 17.2 Å². The van der Waals surface area contributed by atoms with Gasteiger partial charge in [0.15, 0.2) is 0 Å². The second-order valence-corrected chi connectivity index (χ2v) is 4.82. The van der Waals surface area contributed by atoms with Crippen LogP contribution >= 0.6 is 15.9 Å². The number of hydrogen-bond acceptors (Lipinski definition) is 3. The van der Waals surface area contributed by atoms with Gasteiger partial charge in [-0.3, -0.25) is 0 Å². The molecule has 4 heteroatoms. The van der Waals surface area contributed by atoms with Gasteiger partial charge in [-0.2, -0.15) is 5.26 Å². The molecule has 0 saturated carbocycles. The van der Waals surface area contributed by atoms with Gasteiger partial charge in [0.2, 0.25) is 0 Å². The van der Waals surface area contributed by atoms with Crippen LogP contribution in [0.5, 0.6) is 0 Å². The zero-order valence-electron chi connectivity index (χ0n) is 9.11. The Morgan fingerprint density at radius 1 is 1.11 bits per heavy atom. The van der Waals surface area contributed by atoms with Crippen LogP contribution in [-0.2, 0) is 0 Å². The summed E-state index contributed by atoms with van der Waals surface area (Å²) in [5.74, 6) is 0. The number of benzene rings is 2. The Labute approximate surface area is 110 Å². The molecule has 3 rings (SSSR count). The molecule has 0 unspecified atom stereocenters. The Hall–Kier alpha value is -2.12. The lowest BCUT2D eigenvalue weighted by Gasteiger charge is -2.03. The number of fused-ring (bicyclic) bond motifs is 3. The molecule has 18 heavy (non-hydrogen) atoms. The van der Waals surface area contributed by atoms with Gasteiger partial charge in [-0.05, 0) is 35.0 Å². The number of rotatable bonds is 0. The maximum atomic E-state index is 11.5. The molecule has 0 radical (unpaired) electrons. The van der Waals surface area contributed by atoms with Gasteiger partial charge >= 0.3 is 5.63 Å². The summed E-state index contributed by atoms with van der Waals surface area (Å²) < 4.78 is 6.11. The van der Waals surface area contributed by atoms with Crippen LogP contribution in [0.4, 0.5) is 0 Å². The van der Waals surface area contributed by atoms with Crippen molar-refractivity contribution in [1.29, 1.82) is 5.26 Å². The van der Waals surface area contributed by atoms with E-state index in [1.807, 2.05) is 30.3 Å². The molecule has 0 spiro atoms. The summed E-state index contributed by atoms with van der Waals surface area (Å²) in [5.41, 5.74) is -0.0757. The summed E-state index contributed by atoms with van der Waals surface area (Å²) in [5, 5.41) is 11.6. The monoisotopic (exact) mass is 299 g/mol. The Morgan fingerprint density at radius 3 is 2.72 bits per heavy atom. The standard InChI is InChI=1S/C14H6BrNO2/c15-10-2-3-11-8(5-10)1-4-13-12(11)6-9(7-16)14(17)18-13/h1-6H. The highest BCUT2D eigenvalue weighted by Gasteiger charge is 2.07. The maximum Gasteiger partial charge on any atom is 0.354 e. The predicted octanol–water partition coefficient (Wildman–Crippen LogP) is 3.58. The van der Waals surface area contributed by atoms with E-state index in [0.29, 0.717) is 5.58 Å². The van der Waals surface area contributed by atoms with E-state index in [9.17, 15) is 4.79 Å². The summed E-state index contributed by atoms with van der Waals surface area (Å²) in [6, 6.07) is 12.9. The molecule has 0 N–H and O–H groups in total. The molecule has 86 valence electrons. The first-order valence-corrected chi connectivity index (χ1v) is 6.04. The number of halogens is 1. The van der Waals surface area contributed by atoms with Crippen molar-refractivity contribution in [3.05, 3.63) is 56.9 Å². The molecule has 0 fully saturated rings. The molecule has 0 atom stereocenters. The van der Waals surface area contributed by atoms with E-state index in [1.165, 1.54) is 0 Å². The molecular formula is C14H6BrNO2. The summed E-state index contributed by atoms with van der Waals surface area (Å²) in [4.78, 5) is 11.5. The number of nitrogens with zero attached hydrogens (tertiary/aromatic N) is 1. The minimum atomic E-state index is -0.596. The Morgan fingerprint density at radius 2 is 1.94 bits per heavy atom. The largest absolute Gasteiger partial charge is 0.422 e. The fourth-order valence-electron chi connectivity index (χ4n) is 1.98. The van der Waals surface area contributed by atoms with E-state index in [4.69, 9.17) is 9.68 Å². The zero-order chi connectivity index (χ0) is 12.7. The second-order valence-electron chi connectivity index (χ2n) is 3.90. The molecule has 3 aromatic rings. The average Bonchev–Trinajstić information content (AvgIpc) is 2.37. The van der Waals surface area contributed by atoms with E-state index in [1.54, 1.807) is 12.1 Å². The molecule has 1 aromatic heterocycles. The molecule has 0 saturated heterocycles. The van der Waals surface area contributed by atoms with Gasteiger partial charge in [-0.1, -0.05) is 28.1 Å². The second kappa shape index (κ2) is 3.97. The van der Waals surface area contributed by atoms with E-state index < -0.39 is 5.63 Å². The van der Waals surface area contributed by atoms with Crippen molar-refractivity contribution in [2.45, 2.75) is 0 Å². The third-order valence-electron chi connectivity index (χ3n) is 2.82. The van der Waals surface area contributed by atoms with Crippen LogP contribution in [0.2, 0.25) is 0 Å². The van der Waals surface area contributed by atoms with Gasteiger partial charge in [0.25, 0.3) is 0 Å². The van der Waals surface area contributed by atoms with Crippen molar-refractivity contribution in [2.75, 3.05) is 0 Å². The fourth-order valence-corrected chi connectivity index (χ4v) is 2.36. The third kappa shape index (κ3) is 1.60. The van der Waals surface area contributed by atoms with E-state index in [-0.39, 0.29) is 5.56 Å². The lowest BCUT2D eigenvalue weighted by atomic mass is 10.1. The zero-order valence-corrected chi connectivity index (χ0v) is 10.7. The van der Waals surface area contributed by atoms with Crippen molar-refractivity contribution < 1.29 is 4.42 Å². The van der Waals surface area contributed by atoms with E-state index in [2.05, 4.69) is 15.9 Å². The van der Waals surface area contributed by atoms with Crippen molar-refractivity contribution in [1.82, 2.24) is 0 Å².